The van der Waals surface area contributed by atoms with Gasteiger partial charge in [0.1, 0.15) is 0 Å². The largest absolute Gasteiger partial charge is 0.457 e. The Morgan fingerprint density at radius 2 is 1.03 bits per heavy atom. The molecule has 0 saturated carbocycles. The zero-order chi connectivity index (χ0) is 23.3. The van der Waals surface area contributed by atoms with Gasteiger partial charge in [0.05, 0.1) is 13.2 Å². The third-order valence-corrected chi connectivity index (χ3v) is 6.05. The number of piperidine rings is 2. The molecule has 10 nitrogen and oxygen atoms in total. The summed E-state index contributed by atoms with van der Waals surface area (Å²) in [5.74, 6) is -1.93. The lowest BCUT2D eigenvalue weighted by molar-refractivity contribution is -0.167. The molecule has 0 aromatic carbocycles. The molecule has 2 N–H and O–H groups in total. The summed E-state index contributed by atoms with van der Waals surface area (Å²) in [4.78, 5) is 51.9. The molecule has 32 heavy (non-hydrogen) atoms. The highest BCUT2D eigenvalue weighted by Crippen LogP contribution is 2.16. The smallest absolute Gasteiger partial charge is 0.417 e. The Morgan fingerprint density at radius 3 is 1.38 bits per heavy atom. The molecule has 0 spiro atoms. The standard InChI is InChI=1S/C22H38N4O6/c1-25-11-5-17(6-12-25)19(27)23-9-3-15-31-21(29)22(30)32-16-4-10-24-20(28)18-7-13-26(2)14-8-18/h17-18H,3-16H2,1-2H3,(H,23,27)(H,24,28). The van der Waals surface area contributed by atoms with Crippen LogP contribution in [0.15, 0.2) is 0 Å². The number of hydrogen-bond donors (Lipinski definition) is 2. The average molecular weight is 455 g/mol. The molecule has 2 aliphatic heterocycles. The molecule has 10 heteroatoms. The van der Waals surface area contributed by atoms with Gasteiger partial charge in [-0.1, -0.05) is 0 Å². The summed E-state index contributed by atoms with van der Waals surface area (Å²) in [5, 5.41) is 5.70. The maximum absolute atomic E-state index is 12.1. The van der Waals surface area contributed by atoms with Crippen molar-refractivity contribution in [2.24, 2.45) is 11.8 Å². The number of carbonyl (C=O) groups excluding carboxylic acids is 4. The molecule has 0 aromatic rings. The van der Waals surface area contributed by atoms with Crippen molar-refractivity contribution in [3.05, 3.63) is 0 Å². The fourth-order valence-electron chi connectivity index (χ4n) is 3.85. The van der Waals surface area contributed by atoms with Gasteiger partial charge in [-0.3, -0.25) is 9.59 Å². The second-order valence-electron chi connectivity index (χ2n) is 8.72. The summed E-state index contributed by atoms with van der Waals surface area (Å²) in [6.07, 6.45) is 4.27. The molecule has 0 radical (unpaired) electrons. The highest BCUT2D eigenvalue weighted by atomic mass is 16.6. The summed E-state index contributed by atoms with van der Waals surface area (Å²) in [5.41, 5.74) is 0. The quantitative estimate of drug-likeness (QED) is 0.264. The molecule has 0 unspecified atom stereocenters. The number of nitrogens with one attached hydrogen (secondary N) is 2. The summed E-state index contributed by atoms with van der Waals surface area (Å²) in [7, 11) is 4.09. The van der Waals surface area contributed by atoms with Crippen LogP contribution in [-0.4, -0.2) is 100 Å². The van der Waals surface area contributed by atoms with E-state index in [1.54, 1.807) is 0 Å². The highest BCUT2D eigenvalue weighted by molar-refractivity contribution is 6.29. The number of rotatable bonds is 10. The van der Waals surface area contributed by atoms with Crippen molar-refractivity contribution in [3.63, 3.8) is 0 Å². The van der Waals surface area contributed by atoms with Crippen LogP contribution in [0.4, 0.5) is 0 Å². The third-order valence-electron chi connectivity index (χ3n) is 6.05. The summed E-state index contributed by atoms with van der Waals surface area (Å²) >= 11 is 0. The van der Waals surface area contributed by atoms with E-state index in [-0.39, 0.29) is 36.9 Å². The van der Waals surface area contributed by atoms with Gasteiger partial charge in [-0.25, -0.2) is 9.59 Å². The van der Waals surface area contributed by atoms with E-state index < -0.39 is 11.9 Å². The molecule has 0 bridgehead atoms. The molecule has 182 valence electrons. The number of ether oxygens (including phenoxy) is 2. The predicted octanol–water partition coefficient (Wildman–Crippen LogP) is -0.231. The third kappa shape index (κ3) is 9.52. The Kier molecular flexibility index (Phi) is 11.4. The molecule has 2 aliphatic rings. The minimum atomic E-state index is -1.04. The van der Waals surface area contributed by atoms with Crippen molar-refractivity contribution >= 4 is 23.8 Å². The first-order valence-electron chi connectivity index (χ1n) is 11.6. The minimum Gasteiger partial charge on any atom is -0.457 e. The van der Waals surface area contributed by atoms with Crippen LogP contribution in [-0.2, 0) is 28.7 Å². The predicted molar refractivity (Wildman–Crippen MR) is 118 cm³/mol. The van der Waals surface area contributed by atoms with Gasteiger partial charge in [0.2, 0.25) is 11.8 Å². The van der Waals surface area contributed by atoms with Gasteiger partial charge in [0, 0.05) is 24.9 Å². The van der Waals surface area contributed by atoms with E-state index in [0.29, 0.717) is 25.9 Å². The monoisotopic (exact) mass is 454 g/mol. The number of nitrogens with zero attached hydrogens (tertiary/aromatic N) is 2. The molecule has 0 aromatic heterocycles. The normalized spacial score (nSPS) is 18.7. The van der Waals surface area contributed by atoms with Crippen LogP contribution >= 0.6 is 0 Å². The van der Waals surface area contributed by atoms with Crippen molar-refractivity contribution in [1.82, 2.24) is 20.4 Å². The van der Waals surface area contributed by atoms with E-state index in [2.05, 4.69) is 20.4 Å². The number of hydrogen-bond acceptors (Lipinski definition) is 8. The van der Waals surface area contributed by atoms with Crippen LogP contribution in [0, 0.1) is 11.8 Å². The fourth-order valence-corrected chi connectivity index (χ4v) is 3.85. The van der Waals surface area contributed by atoms with Crippen LogP contribution in [0.25, 0.3) is 0 Å². The SMILES string of the molecule is CN1CCC(C(=O)NCCCOC(=O)C(=O)OCCCNC(=O)C2CCN(C)CC2)CC1. The van der Waals surface area contributed by atoms with Crippen LogP contribution < -0.4 is 10.6 Å². The van der Waals surface area contributed by atoms with Crippen LogP contribution in [0.5, 0.6) is 0 Å². The zero-order valence-electron chi connectivity index (χ0n) is 19.4. The van der Waals surface area contributed by atoms with E-state index in [0.717, 1.165) is 51.9 Å². The van der Waals surface area contributed by atoms with Gasteiger partial charge in [0.25, 0.3) is 0 Å². The molecule has 2 heterocycles. The van der Waals surface area contributed by atoms with Gasteiger partial charge in [-0.15, -0.1) is 0 Å². The highest BCUT2D eigenvalue weighted by Gasteiger charge is 2.24. The molecule has 2 rings (SSSR count). The maximum atomic E-state index is 12.1. The Balaban J connectivity index is 1.44. The first kappa shape index (κ1) is 26.1. The summed E-state index contributed by atoms with van der Waals surface area (Å²) < 4.78 is 9.77. The van der Waals surface area contributed by atoms with Crippen LogP contribution in [0.1, 0.15) is 38.5 Å². The van der Waals surface area contributed by atoms with Gasteiger partial charge >= 0.3 is 11.9 Å². The molecule has 0 atom stereocenters. The number of likely N-dealkylation sites (tertiary alicyclic amines) is 2. The van der Waals surface area contributed by atoms with Gasteiger partial charge in [-0.05, 0) is 78.8 Å². The summed E-state index contributed by atoms with van der Waals surface area (Å²) in [6, 6.07) is 0. The Labute approximate surface area is 190 Å². The molecule has 2 saturated heterocycles. The first-order valence-corrected chi connectivity index (χ1v) is 11.6. The van der Waals surface area contributed by atoms with Crippen molar-refractivity contribution in [3.8, 4) is 0 Å². The first-order chi connectivity index (χ1) is 15.4. The van der Waals surface area contributed by atoms with E-state index in [9.17, 15) is 19.2 Å². The van der Waals surface area contributed by atoms with E-state index >= 15 is 0 Å². The van der Waals surface area contributed by atoms with Gasteiger partial charge in [-0.2, -0.15) is 0 Å². The van der Waals surface area contributed by atoms with E-state index in [4.69, 9.17) is 9.47 Å². The number of esters is 2. The summed E-state index contributed by atoms with van der Waals surface area (Å²) in [6.45, 7) is 4.54. The molecule has 0 aliphatic carbocycles. The minimum absolute atomic E-state index is 0.0340. The lowest BCUT2D eigenvalue weighted by Gasteiger charge is -2.28. The maximum Gasteiger partial charge on any atom is 0.417 e. The van der Waals surface area contributed by atoms with E-state index in [1.807, 2.05) is 14.1 Å². The van der Waals surface area contributed by atoms with Gasteiger partial charge < -0.3 is 29.9 Å². The van der Waals surface area contributed by atoms with E-state index in [1.165, 1.54) is 0 Å². The van der Waals surface area contributed by atoms with Crippen molar-refractivity contribution in [2.45, 2.75) is 38.5 Å². The van der Waals surface area contributed by atoms with Crippen LogP contribution in [0.2, 0.25) is 0 Å². The van der Waals surface area contributed by atoms with Crippen LogP contribution in [0.3, 0.4) is 0 Å². The van der Waals surface area contributed by atoms with Crippen molar-refractivity contribution in [1.29, 1.82) is 0 Å². The lowest BCUT2D eigenvalue weighted by Crippen LogP contribution is -2.39. The fraction of sp³-hybridized carbons (Fsp3) is 0.818. The molecular formula is C22H38N4O6. The second-order valence-corrected chi connectivity index (χ2v) is 8.72. The Hall–Kier alpha value is -2.20. The molecule has 2 fully saturated rings. The number of carbonyl (C=O) groups is 4. The van der Waals surface area contributed by atoms with Crippen molar-refractivity contribution < 1.29 is 28.7 Å². The lowest BCUT2D eigenvalue weighted by atomic mass is 9.96. The zero-order valence-corrected chi connectivity index (χ0v) is 19.4. The average Bonchev–Trinajstić information content (AvgIpc) is 2.79. The molecule has 2 amide bonds. The van der Waals surface area contributed by atoms with Crippen molar-refractivity contribution in [2.75, 3.05) is 66.6 Å². The Bertz CT molecular complexity index is 574. The van der Waals surface area contributed by atoms with Gasteiger partial charge in [0.15, 0.2) is 0 Å². The number of amides is 2. The topological polar surface area (TPSA) is 117 Å². The Morgan fingerprint density at radius 1 is 0.688 bits per heavy atom. The molecular weight excluding hydrogens is 416 g/mol. The second kappa shape index (κ2) is 14.1.